The summed E-state index contributed by atoms with van der Waals surface area (Å²) in [6.07, 6.45) is 0.722. The van der Waals surface area contributed by atoms with Crippen molar-refractivity contribution < 1.29 is 19.1 Å². The highest BCUT2D eigenvalue weighted by Crippen LogP contribution is 2.39. The molecule has 5 rings (SSSR count). The molecule has 2 amide bonds. The number of benzene rings is 3. The van der Waals surface area contributed by atoms with Crippen LogP contribution in [0.5, 0.6) is 5.75 Å². The Hall–Kier alpha value is -4.26. The Morgan fingerprint density at radius 2 is 1.81 bits per heavy atom. The predicted octanol–water partition coefficient (Wildman–Crippen LogP) is 5.84. The minimum Gasteiger partial charge on any atom is -0.497 e. The molecule has 0 saturated heterocycles. The van der Waals surface area contributed by atoms with E-state index in [9.17, 15) is 9.59 Å². The van der Waals surface area contributed by atoms with E-state index in [1.165, 1.54) is 5.56 Å². The number of rotatable bonds is 5. The fraction of sp³-hybridized carbons (Fsp3) is 0.241. The number of hydrogen-bond acceptors (Lipinski definition) is 4. The van der Waals surface area contributed by atoms with E-state index in [0.29, 0.717) is 24.4 Å². The predicted molar refractivity (Wildman–Crippen MR) is 140 cm³/mol. The van der Waals surface area contributed by atoms with Crippen molar-refractivity contribution in [3.63, 3.8) is 0 Å². The smallest absolute Gasteiger partial charge is 0.338 e. The number of aromatic nitrogens is 1. The summed E-state index contributed by atoms with van der Waals surface area (Å²) in [6, 6.07) is 20.6. The number of esters is 1. The van der Waals surface area contributed by atoms with E-state index in [1.807, 2.05) is 17.0 Å². The van der Waals surface area contributed by atoms with Crippen LogP contribution in [-0.2, 0) is 11.2 Å². The summed E-state index contributed by atoms with van der Waals surface area (Å²) in [5, 5.41) is 4.13. The van der Waals surface area contributed by atoms with Crippen LogP contribution in [0.4, 0.5) is 10.5 Å². The SMILES string of the molecule is CCOC(=O)c1ccc(NC(=O)N2CCc3c([nH]c4ccc(OC)cc34)[C@H]2c2ccc(C)cc2)cc1. The largest absolute Gasteiger partial charge is 0.497 e. The van der Waals surface area contributed by atoms with Gasteiger partial charge in [-0.25, -0.2) is 9.59 Å². The lowest BCUT2D eigenvalue weighted by Gasteiger charge is -2.36. The van der Waals surface area contributed by atoms with Crippen LogP contribution in [0, 0.1) is 6.92 Å². The topological polar surface area (TPSA) is 83.7 Å². The lowest BCUT2D eigenvalue weighted by atomic mass is 9.92. The molecule has 7 heteroatoms. The maximum atomic E-state index is 13.6. The molecule has 0 saturated carbocycles. The first-order chi connectivity index (χ1) is 17.5. The highest BCUT2D eigenvalue weighted by Gasteiger charge is 2.34. The number of hydrogen-bond donors (Lipinski definition) is 2. The van der Waals surface area contributed by atoms with Gasteiger partial charge in [-0.2, -0.15) is 0 Å². The van der Waals surface area contributed by atoms with Crippen LogP contribution in [0.25, 0.3) is 10.9 Å². The summed E-state index contributed by atoms with van der Waals surface area (Å²) in [5.74, 6) is 0.427. The third-order valence-corrected chi connectivity index (χ3v) is 6.64. The Morgan fingerprint density at radius 3 is 2.50 bits per heavy atom. The van der Waals surface area contributed by atoms with Crippen molar-refractivity contribution in [2.45, 2.75) is 26.3 Å². The first-order valence-electron chi connectivity index (χ1n) is 12.1. The van der Waals surface area contributed by atoms with Gasteiger partial charge in [0.25, 0.3) is 0 Å². The molecule has 1 aromatic heterocycles. The summed E-state index contributed by atoms with van der Waals surface area (Å²) in [5.41, 5.74) is 6.50. The number of amides is 2. The van der Waals surface area contributed by atoms with Crippen LogP contribution in [0.15, 0.2) is 66.7 Å². The number of aryl methyl sites for hydroxylation is 1. The van der Waals surface area contributed by atoms with E-state index in [4.69, 9.17) is 9.47 Å². The first kappa shape index (κ1) is 23.5. The highest BCUT2D eigenvalue weighted by atomic mass is 16.5. The maximum Gasteiger partial charge on any atom is 0.338 e. The number of methoxy groups -OCH3 is 1. The summed E-state index contributed by atoms with van der Waals surface area (Å²) in [6.45, 7) is 4.69. The molecule has 2 heterocycles. The molecule has 0 unspecified atom stereocenters. The fourth-order valence-corrected chi connectivity index (χ4v) is 4.81. The van der Waals surface area contributed by atoms with Gasteiger partial charge in [-0.1, -0.05) is 29.8 Å². The van der Waals surface area contributed by atoms with Crippen molar-refractivity contribution >= 4 is 28.6 Å². The number of carbonyl (C=O) groups is 2. The molecule has 36 heavy (non-hydrogen) atoms. The number of fused-ring (bicyclic) bond motifs is 3. The number of ether oxygens (including phenoxy) is 2. The van der Waals surface area contributed by atoms with E-state index >= 15 is 0 Å². The highest BCUT2D eigenvalue weighted by molar-refractivity contribution is 5.93. The molecular formula is C29H29N3O4. The summed E-state index contributed by atoms with van der Waals surface area (Å²) >= 11 is 0. The van der Waals surface area contributed by atoms with E-state index < -0.39 is 0 Å². The number of anilines is 1. The number of urea groups is 1. The Kier molecular flexibility index (Phi) is 6.38. The Balaban J connectivity index is 1.48. The number of H-pyrrole nitrogens is 1. The van der Waals surface area contributed by atoms with Crippen LogP contribution in [0.2, 0.25) is 0 Å². The van der Waals surface area contributed by atoms with E-state index in [-0.39, 0.29) is 18.0 Å². The van der Waals surface area contributed by atoms with Gasteiger partial charge in [-0.05, 0) is 73.9 Å². The summed E-state index contributed by atoms with van der Waals surface area (Å²) in [7, 11) is 1.67. The van der Waals surface area contributed by atoms with Crippen molar-refractivity contribution in [1.82, 2.24) is 9.88 Å². The first-order valence-corrected chi connectivity index (χ1v) is 12.1. The Labute approximate surface area is 210 Å². The summed E-state index contributed by atoms with van der Waals surface area (Å²) < 4.78 is 10.5. The molecule has 184 valence electrons. The van der Waals surface area contributed by atoms with E-state index in [1.54, 1.807) is 38.3 Å². The number of nitrogens with zero attached hydrogens (tertiary/aromatic N) is 1. The van der Waals surface area contributed by atoms with Gasteiger partial charge in [-0.3, -0.25) is 0 Å². The second-order valence-corrected chi connectivity index (χ2v) is 8.91. The molecule has 4 aromatic rings. The van der Waals surface area contributed by atoms with Crippen molar-refractivity contribution in [2.24, 2.45) is 0 Å². The molecule has 1 atom stereocenters. The molecule has 3 aromatic carbocycles. The zero-order valence-corrected chi connectivity index (χ0v) is 20.6. The molecule has 0 fully saturated rings. The third kappa shape index (κ3) is 4.40. The molecule has 2 N–H and O–H groups in total. The van der Waals surface area contributed by atoms with Gasteiger partial charge in [0, 0.05) is 28.8 Å². The Morgan fingerprint density at radius 1 is 1.06 bits per heavy atom. The minimum absolute atomic E-state index is 0.202. The lowest BCUT2D eigenvalue weighted by Crippen LogP contribution is -2.43. The minimum atomic E-state index is -0.381. The van der Waals surface area contributed by atoms with Gasteiger partial charge in [0.15, 0.2) is 0 Å². The van der Waals surface area contributed by atoms with E-state index in [0.717, 1.165) is 39.9 Å². The van der Waals surface area contributed by atoms with Crippen molar-refractivity contribution in [2.75, 3.05) is 25.6 Å². The van der Waals surface area contributed by atoms with Gasteiger partial charge in [0.1, 0.15) is 5.75 Å². The van der Waals surface area contributed by atoms with Crippen LogP contribution >= 0.6 is 0 Å². The second-order valence-electron chi connectivity index (χ2n) is 8.91. The zero-order chi connectivity index (χ0) is 25.2. The molecule has 7 nitrogen and oxygen atoms in total. The second kappa shape index (κ2) is 9.77. The van der Waals surface area contributed by atoms with Crippen LogP contribution < -0.4 is 10.1 Å². The maximum absolute atomic E-state index is 13.6. The van der Waals surface area contributed by atoms with E-state index in [2.05, 4.69) is 47.6 Å². The fourth-order valence-electron chi connectivity index (χ4n) is 4.81. The molecule has 1 aliphatic heterocycles. The quantitative estimate of drug-likeness (QED) is 0.349. The summed E-state index contributed by atoms with van der Waals surface area (Å²) in [4.78, 5) is 30.9. The zero-order valence-electron chi connectivity index (χ0n) is 20.6. The monoisotopic (exact) mass is 483 g/mol. The van der Waals surface area contributed by atoms with Crippen molar-refractivity contribution in [1.29, 1.82) is 0 Å². The number of nitrogens with one attached hydrogen (secondary N) is 2. The molecule has 1 aliphatic rings. The van der Waals surface area contributed by atoms with Gasteiger partial charge in [0.2, 0.25) is 0 Å². The van der Waals surface area contributed by atoms with Crippen LogP contribution in [0.1, 0.15) is 45.7 Å². The Bertz CT molecular complexity index is 1410. The van der Waals surface area contributed by atoms with Gasteiger partial charge in [-0.15, -0.1) is 0 Å². The van der Waals surface area contributed by atoms with Crippen molar-refractivity contribution in [3.05, 3.63) is 94.7 Å². The molecule has 0 bridgehead atoms. The van der Waals surface area contributed by atoms with Gasteiger partial charge < -0.3 is 24.7 Å². The van der Waals surface area contributed by atoms with Crippen LogP contribution in [0.3, 0.4) is 0 Å². The number of carbonyl (C=O) groups excluding carboxylic acids is 2. The molecule has 0 spiro atoms. The number of aromatic amines is 1. The van der Waals surface area contributed by atoms with Crippen molar-refractivity contribution in [3.8, 4) is 5.75 Å². The average molecular weight is 484 g/mol. The lowest BCUT2D eigenvalue weighted by molar-refractivity contribution is 0.0526. The standard InChI is InChI=1S/C29H29N3O4/c1-4-36-28(33)20-9-11-21(12-10-20)30-29(34)32-16-15-23-24-17-22(35-3)13-14-25(24)31-26(23)27(32)19-7-5-18(2)6-8-19/h5-14,17,27,31H,4,15-16H2,1-3H3,(H,30,34)/t27-/m1/s1. The third-order valence-electron chi connectivity index (χ3n) is 6.64. The normalized spacial score (nSPS) is 14.9. The molecule has 0 aliphatic carbocycles. The molecular weight excluding hydrogens is 454 g/mol. The van der Waals surface area contributed by atoms with Gasteiger partial charge >= 0.3 is 12.0 Å². The average Bonchev–Trinajstić information content (AvgIpc) is 3.27. The molecule has 0 radical (unpaired) electrons. The van der Waals surface area contributed by atoms with Crippen LogP contribution in [-0.4, -0.2) is 42.1 Å². The van der Waals surface area contributed by atoms with Gasteiger partial charge in [0.05, 0.1) is 25.3 Å².